The summed E-state index contributed by atoms with van der Waals surface area (Å²) in [7, 11) is -3.34. The van der Waals surface area contributed by atoms with Crippen LogP contribution in [-0.4, -0.2) is 25.6 Å². The molecule has 5 rings (SSSR count). The summed E-state index contributed by atoms with van der Waals surface area (Å²) in [5.74, 6) is 2.24. The number of carbonyl (C=O) groups excluding carboxylic acids is 1. The topological polar surface area (TPSA) is 75.3 Å². The van der Waals surface area contributed by atoms with Crippen molar-refractivity contribution in [2.24, 2.45) is 17.8 Å². The van der Waals surface area contributed by atoms with E-state index in [9.17, 15) is 13.2 Å². The molecule has 25 heavy (non-hydrogen) atoms. The molecule has 4 bridgehead atoms. The summed E-state index contributed by atoms with van der Waals surface area (Å²) in [5.41, 5.74) is 0.928. The molecule has 5 nitrogen and oxygen atoms in total. The summed E-state index contributed by atoms with van der Waals surface area (Å²) in [5, 5.41) is 3.33. The second-order valence-electron chi connectivity index (χ2n) is 8.24. The molecule has 136 valence electrons. The molecule has 0 spiro atoms. The molecule has 4 aliphatic carbocycles. The van der Waals surface area contributed by atoms with Crippen LogP contribution in [0.1, 0.15) is 55.8 Å². The summed E-state index contributed by atoms with van der Waals surface area (Å²) in [6.07, 6.45) is 7.32. The molecule has 2 N–H and O–H groups in total. The van der Waals surface area contributed by atoms with Gasteiger partial charge in [-0.25, -0.2) is 8.42 Å². The van der Waals surface area contributed by atoms with Crippen LogP contribution in [0.2, 0.25) is 0 Å². The van der Waals surface area contributed by atoms with E-state index in [4.69, 9.17) is 0 Å². The van der Waals surface area contributed by atoms with Crippen molar-refractivity contribution in [2.45, 2.75) is 51.0 Å². The SMILES string of the molecule is CCS(=O)(=O)Nc1cccc(C(=O)NC23CC4CC(CC(C4)C2)C3)c1. The number of hydrogen-bond acceptors (Lipinski definition) is 3. The van der Waals surface area contributed by atoms with Gasteiger partial charge < -0.3 is 5.32 Å². The highest BCUT2D eigenvalue weighted by Gasteiger charge is 2.51. The molecule has 1 aromatic carbocycles. The van der Waals surface area contributed by atoms with Crippen LogP contribution in [0.4, 0.5) is 5.69 Å². The Hall–Kier alpha value is -1.56. The van der Waals surface area contributed by atoms with Crippen LogP contribution in [0.5, 0.6) is 0 Å². The Bertz CT molecular complexity index is 752. The van der Waals surface area contributed by atoms with Crippen LogP contribution in [0.15, 0.2) is 24.3 Å². The van der Waals surface area contributed by atoms with Crippen LogP contribution in [0, 0.1) is 17.8 Å². The molecule has 4 aliphatic rings. The van der Waals surface area contributed by atoms with Crippen molar-refractivity contribution in [3.8, 4) is 0 Å². The Morgan fingerprint density at radius 3 is 2.28 bits per heavy atom. The van der Waals surface area contributed by atoms with E-state index in [0.717, 1.165) is 37.0 Å². The zero-order valence-electron chi connectivity index (χ0n) is 14.6. The standard InChI is InChI=1S/C19H26N2O3S/c1-2-25(23,24)21-17-5-3-4-16(9-17)18(22)20-19-10-13-6-14(11-19)8-15(7-13)12-19/h3-5,9,13-15,21H,2,6-8,10-12H2,1H3,(H,20,22). The lowest BCUT2D eigenvalue weighted by molar-refractivity contribution is -0.0167. The lowest BCUT2D eigenvalue weighted by Crippen LogP contribution is -2.59. The van der Waals surface area contributed by atoms with Gasteiger partial charge in [0, 0.05) is 16.8 Å². The van der Waals surface area contributed by atoms with Gasteiger partial charge in [-0.05, 0) is 81.4 Å². The largest absolute Gasteiger partial charge is 0.347 e. The predicted octanol–water partition coefficient (Wildman–Crippen LogP) is 3.15. The number of benzene rings is 1. The van der Waals surface area contributed by atoms with Crippen molar-refractivity contribution in [2.75, 3.05) is 10.5 Å². The molecule has 6 heteroatoms. The maximum Gasteiger partial charge on any atom is 0.251 e. The van der Waals surface area contributed by atoms with Crippen molar-refractivity contribution >= 4 is 21.6 Å². The first kappa shape index (κ1) is 16.9. The molecule has 0 heterocycles. The quantitative estimate of drug-likeness (QED) is 0.845. The van der Waals surface area contributed by atoms with Gasteiger partial charge in [-0.2, -0.15) is 0 Å². The molecule has 1 aromatic rings. The van der Waals surface area contributed by atoms with E-state index in [1.54, 1.807) is 31.2 Å². The van der Waals surface area contributed by atoms with Gasteiger partial charge in [0.1, 0.15) is 0 Å². The normalized spacial score (nSPS) is 33.2. The van der Waals surface area contributed by atoms with Crippen LogP contribution in [0.3, 0.4) is 0 Å². The average molecular weight is 362 g/mol. The van der Waals surface area contributed by atoms with E-state index in [1.165, 1.54) is 19.3 Å². The highest BCUT2D eigenvalue weighted by molar-refractivity contribution is 7.92. The fraction of sp³-hybridized carbons (Fsp3) is 0.632. The highest BCUT2D eigenvalue weighted by atomic mass is 32.2. The number of hydrogen-bond donors (Lipinski definition) is 2. The Morgan fingerprint density at radius 2 is 1.72 bits per heavy atom. The van der Waals surface area contributed by atoms with Crippen LogP contribution >= 0.6 is 0 Å². The van der Waals surface area contributed by atoms with E-state index < -0.39 is 10.0 Å². The third kappa shape index (κ3) is 3.41. The molecule has 4 saturated carbocycles. The second kappa shape index (κ2) is 6.01. The minimum absolute atomic E-state index is 0.0106. The van der Waals surface area contributed by atoms with E-state index in [-0.39, 0.29) is 17.2 Å². The number of nitrogens with one attached hydrogen (secondary N) is 2. The zero-order chi connectivity index (χ0) is 17.7. The Kier molecular flexibility index (Phi) is 4.06. The van der Waals surface area contributed by atoms with Crippen molar-refractivity contribution < 1.29 is 13.2 Å². The summed E-state index contributed by atoms with van der Waals surface area (Å²) < 4.78 is 26.0. The maximum absolute atomic E-state index is 12.8. The van der Waals surface area contributed by atoms with Gasteiger partial charge in [0.2, 0.25) is 10.0 Å². The van der Waals surface area contributed by atoms with Gasteiger partial charge in [0.05, 0.1) is 5.75 Å². The van der Waals surface area contributed by atoms with Gasteiger partial charge in [-0.15, -0.1) is 0 Å². The molecular formula is C19H26N2O3S. The van der Waals surface area contributed by atoms with Crippen molar-refractivity contribution in [3.05, 3.63) is 29.8 Å². The zero-order valence-corrected chi connectivity index (χ0v) is 15.4. The molecule has 4 fully saturated rings. The van der Waals surface area contributed by atoms with E-state index in [0.29, 0.717) is 11.3 Å². The van der Waals surface area contributed by atoms with Crippen LogP contribution < -0.4 is 10.0 Å². The summed E-state index contributed by atoms with van der Waals surface area (Å²) in [6.45, 7) is 1.59. The molecular weight excluding hydrogens is 336 g/mol. The molecule has 0 unspecified atom stereocenters. The second-order valence-corrected chi connectivity index (χ2v) is 10.2. The van der Waals surface area contributed by atoms with Gasteiger partial charge in [-0.1, -0.05) is 6.07 Å². The van der Waals surface area contributed by atoms with Crippen molar-refractivity contribution in [3.63, 3.8) is 0 Å². The van der Waals surface area contributed by atoms with Crippen molar-refractivity contribution in [1.29, 1.82) is 0 Å². The molecule has 0 atom stereocenters. The predicted molar refractivity (Wildman–Crippen MR) is 97.9 cm³/mol. The van der Waals surface area contributed by atoms with Gasteiger partial charge in [0.25, 0.3) is 5.91 Å². The lowest BCUT2D eigenvalue weighted by atomic mass is 9.53. The van der Waals surface area contributed by atoms with E-state index in [1.807, 2.05) is 0 Å². The Balaban J connectivity index is 1.50. The summed E-state index contributed by atoms with van der Waals surface area (Å²) in [4.78, 5) is 12.8. The van der Waals surface area contributed by atoms with Gasteiger partial charge >= 0.3 is 0 Å². The first-order chi connectivity index (χ1) is 11.9. The van der Waals surface area contributed by atoms with Gasteiger partial charge in [0.15, 0.2) is 0 Å². The average Bonchev–Trinajstić information content (AvgIpc) is 2.53. The minimum atomic E-state index is -3.34. The van der Waals surface area contributed by atoms with Gasteiger partial charge in [-0.3, -0.25) is 9.52 Å². The Morgan fingerprint density at radius 1 is 1.12 bits per heavy atom. The molecule has 0 saturated heterocycles. The number of amides is 1. The number of sulfonamides is 1. The number of anilines is 1. The maximum atomic E-state index is 12.8. The smallest absolute Gasteiger partial charge is 0.251 e. The monoisotopic (exact) mass is 362 g/mol. The summed E-state index contributed by atoms with van der Waals surface area (Å²) in [6, 6.07) is 6.78. The molecule has 0 aromatic heterocycles. The van der Waals surface area contributed by atoms with Crippen molar-refractivity contribution in [1.82, 2.24) is 5.32 Å². The van der Waals surface area contributed by atoms with Crippen LogP contribution in [0.25, 0.3) is 0 Å². The van der Waals surface area contributed by atoms with E-state index >= 15 is 0 Å². The highest BCUT2D eigenvalue weighted by Crippen LogP contribution is 2.55. The third-order valence-electron chi connectivity index (χ3n) is 6.20. The lowest BCUT2D eigenvalue weighted by Gasteiger charge is -2.56. The summed E-state index contributed by atoms with van der Waals surface area (Å²) >= 11 is 0. The molecule has 0 radical (unpaired) electrons. The third-order valence-corrected chi connectivity index (χ3v) is 7.50. The van der Waals surface area contributed by atoms with E-state index in [2.05, 4.69) is 10.0 Å². The first-order valence-corrected chi connectivity index (χ1v) is 10.9. The first-order valence-electron chi connectivity index (χ1n) is 9.29. The molecule has 0 aliphatic heterocycles. The number of rotatable bonds is 5. The minimum Gasteiger partial charge on any atom is -0.347 e. The Labute approximate surface area is 149 Å². The fourth-order valence-corrected chi connectivity index (χ4v) is 6.18. The number of carbonyl (C=O) groups is 1. The fourth-order valence-electron chi connectivity index (χ4n) is 5.55. The molecule has 1 amide bonds. The van der Waals surface area contributed by atoms with Crippen LogP contribution in [-0.2, 0) is 10.0 Å².